The lowest BCUT2D eigenvalue weighted by Crippen LogP contribution is -2.50. The minimum Gasteiger partial charge on any atom is -0.284 e. The normalized spacial score (nSPS) is 15.6. The molecule has 1 aliphatic rings. The van der Waals surface area contributed by atoms with Crippen LogP contribution >= 0.6 is 15.9 Å². The van der Waals surface area contributed by atoms with E-state index in [1.54, 1.807) is 19.2 Å². The lowest BCUT2D eigenvalue weighted by Gasteiger charge is -2.34. The number of benzene rings is 2. The van der Waals surface area contributed by atoms with Crippen molar-refractivity contribution in [3.8, 4) is 0 Å². The summed E-state index contributed by atoms with van der Waals surface area (Å²) in [5.74, 6) is 0. The number of nitrogens with zero attached hydrogens (tertiary/aromatic N) is 4. The topological polar surface area (TPSA) is 75.5 Å². The fourth-order valence-electron chi connectivity index (χ4n) is 3.20. The third-order valence-electron chi connectivity index (χ3n) is 4.59. The molecule has 1 aromatic heterocycles. The van der Waals surface area contributed by atoms with Crippen molar-refractivity contribution in [3.05, 3.63) is 76.4 Å². The number of aryl methyl sites for hydroxylation is 1. The van der Waals surface area contributed by atoms with Crippen LogP contribution in [-0.4, -0.2) is 28.5 Å². The highest BCUT2D eigenvalue weighted by Gasteiger charge is 2.44. The van der Waals surface area contributed by atoms with Crippen LogP contribution in [0.1, 0.15) is 11.1 Å². The number of amides is 2. The van der Waals surface area contributed by atoms with Gasteiger partial charge in [0.15, 0.2) is 5.03 Å². The van der Waals surface area contributed by atoms with Gasteiger partial charge in [-0.3, -0.25) is 9.58 Å². The van der Waals surface area contributed by atoms with Crippen molar-refractivity contribution in [1.29, 1.82) is 0 Å². The molecule has 1 aliphatic heterocycles. The number of hydrogen-bond acceptors (Lipinski definition) is 4. The van der Waals surface area contributed by atoms with Crippen molar-refractivity contribution in [2.45, 2.75) is 18.1 Å². The molecule has 0 saturated carbocycles. The third kappa shape index (κ3) is 3.10. The lowest BCUT2D eigenvalue weighted by molar-refractivity contribution is 0.225. The summed E-state index contributed by atoms with van der Waals surface area (Å²) >= 11 is 3.49. The molecule has 7 nitrogen and oxygen atoms in total. The summed E-state index contributed by atoms with van der Waals surface area (Å²) in [5, 5.41) is 4.10. The van der Waals surface area contributed by atoms with Crippen LogP contribution in [0.3, 0.4) is 0 Å². The highest BCUT2D eigenvalue weighted by Crippen LogP contribution is 2.36. The van der Waals surface area contributed by atoms with E-state index in [4.69, 9.17) is 0 Å². The van der Waals surface area contributed by atoms with E-state index in [-0.39, 0.29) is 23.8 Å². The molecule has 2 heterocycles. The zero-order valence-corrected chi connectivity index (χ0v) is 17.4. The average molecular weight is 461 g/mol. The van der Waals surface area contributed by atoms with Crippen molar-refractivity contribution >= 4 is 37.7 Å². The van der Waals surface area contributed by atoms with Gasteiger partial charge >= 0.3 is 6.03 Å². The lowest BCUT2D eigenvalue weighted by atomic mass is 10.2. The minimum atomic E-state index is -4.02. The van der Waals surface area contributed by atoms with Gasteiger partial charge in [-0.1, -0.05) is 64.5 Å². The van der Waals surface area contributed by atoms with E-state index in [2.05, 4.69) is 21.0 Å². The van der Waals surface area contributed by atoms with E-state index in [9.17, 15) is 13.2 Å². The minimum absolute atomic E-state index is 0.00934. The molecule has 0 unspecified atom stereocenters. The van der Waals surface area contributed by atoms with Crippen molar-refractivity contribution < 1.29 is 13.2 Å². The van der Waals surface area contributed by atoms with Crippen LogP contribution in [0, 0.1) is 0 Å². The van der Waals surface area contributed by atoms with Crippen LogP contribution < -0.4 is 4.90 Å². The van der Waals surface area contributed by atoms with Gasteiger partial charge < -0.3 is 0 Å². The molecular formula is C19H17BrN4O3S. The van der Waals surface area contributed by atoms with Gasteiger partial charge in [0.25, 0.3) is 10.0 Å². The summed E-state index contributed by atoms with van der Waals surface area (Å²) < 4.78 is 29.4. The molecule has 2 aromatic carbocycles. The first kappa shape index (κ1) is 18.7. The largest absolute Gasteiger partial charge is 0.339 e. The molecule has 0 atom stereocenters. The van der Waals surface area contributed by atoms with Gasteiger partial charge in [-0.2, -0.15) is 13.5 Å². The van der Waals surface area contributed by atoms with E-state index in [1.165, 1.54) is 15.8 Å². The first-order valence-corrected chi connectivity index (χ1v) is 10.8. The van der Waals surface area contributed by atoms with E-state index < -0.39 is 16.1 Å². The fourth-order valence-corrected chi connectivity index (χ4v) is 5.25. The van der Waals surface area contributed by atoms with Gasteiger partial charge in [0, 0.05) is 11.5 Å². The summed E-state index contributed by atoms with van der Waals surface area (Å²) in [7, 11) is -2.46. The molecule has 0 saturated heterocycles. The molecule has 0 N–H and O–H groups in total. The van der Waals surface area contributed by atoms with E-state index >= 15 is 0 Å². The Morgan fingerprint density at radius 1 is 1.00 bits per heavy atom. The first-order chi connectivity index (χ1) is 13.4. The Morgan fingerprint density at radius 3 is 2.39 bits per heavy atom. The monoisotopic (exact) mass is 460 g/mol. The quantitative estimate of drug-likeness (QED) is 0.596. The Hall–Kier alpha value is -2.65. The molecule has 9 heteroatoms. The van der Waals surface area contributed by atoms with Gasteiger partial charge in [-0.05, 0) is 17.2 Å². The summed E-state index contributed by atoms with van der Waals surface area (Å²) in [6.45, 7) is 0.179. The molecule has 0 bridgehead atoms. The SMILES string of the molecule is Cn1ncc2c1S(=O)(=O)N(Cc1ccccc1)C(=O)N2Cc1ccccc1Br. The average Bonchev–Trinajstić information content (AvgIpc) is 3.07. The smallest absolute Gasteiger partial charge is 0.284 e. The maximum atomic E-state index is 13.3. The first-order valence-electron chi connectivity index (χ1n) is 8.53. The van der Waals surface area contributed by atoms with Crippen LogP contribution in [0.25, 0.3) is 0 Å². The zero-order valence-electron chi connectivity index (χ0n) is 15.0. The zero-order chi connectivity index (χ0) is 19.9. The van der Waals surface area contributed by atoms with Crippen molar-refractivity contribution in [2.24, 2.45) is 7.05 Å². The van der Waals surface area contributed by atoms with E-state index in [0.717, 1.165) is 19.9 Å². The molecule has 0 fully saturated rings. The summed E-state index contributed by atoms with van der Waals surface area (Å²) in [6, 6.07) is 16.0. The number of carbonyl (C=O) groups is 1. The second-order valence-electron chi connectivity index (χ2n) is 6.42. The molecule has 0 spiro atoms. The number of aromatic nitrogens is 2. The summed E-state index contributed by atoms with van der Waals surface area (Å²) in [6.07, 6.45) is 1.42. The second kappa shape index (κ2) is 7.06. The van der Waals surface area contributed by atoms with Gasteiger partial charge in [0.2, 0.25) is 0 Å². The van der Waals surface area contributed by atoms with Gasteiger partial charge in [-0.15, -0.1) is 0 Å². The molecule has 3 aromatic rings. The molecule has 4 rings (SSSR count). The standard InChI is InChI=1S/C19H17BrN4O3S/c1-22-18-17(11-21-22)23(13-15-9-5-6-10-16(15)20)19(25)24(28(18,26)27)12-14-7-3-2-4-8-14/h2-11H,12-13H2,1H3. The van der Waals surface area contributed by atoms with Crippen molar-refractivity contribution in [2.75, 3.05) is 4.90 Å². The predicted octanol–water partition coefficient (Wildman–Crippen LogP) is 3.51. The maximum Gasteiger partial charge on any atom is 0.339 e. The predicted molar refractivity (Wildman–Crippen MR) is 108 cm³/mol. The second-order valence-corrected chi connectivity index (χ2v) is 9.05. The molecule has 28 heavy (non-hydrogen) atoms. The third-order valence-corrected chi connectivity index (χ3v) is 7.19. The number of anilines is 1. The Kier molecular flexibility index (Phi) is 4.72. The van der Waals surface area contributed by atoms with Crippen LogP contribution in [0.15, 0.2) is 70.3 Å². The molecule has 2 amide bonds. The Labute approximate surface area is 171 Å². The van der Waals surface area contributed by atoms with Gasteiger partial charge in [0.05, 0.1) is 19.3 Å². The van der Waals surface area contributed by atoms with E-state index in [0.29, 0.717) is 0 Å². The van der Waals surface area contributed by atoms with Crippen LogP contribution in [0.5, 0.6) is 0 Å². The van der Waals surface area contributed by atoms with Crippen molar-refractivity contribution in [3.63, 3.8) is 0 Å². The molecular weight excluding hydrogens is 444 g/mol. The fraction of sp³-hybridized carbons (Fsp3) is 0.158. The summed E-state index contributed by atoms with van der Waals surface area (Å²) in [5.41, 5.74) is 1.88. The van der Waals surface area contributed by atoms with Crippen LogP contribution in [0.4, 0.5) is 10.5 Å². The number of hydrogen-bond donors (Lipinski definition) is 0. The Morgan fingerprint density at radius 2 is 1.68 bits per heavy atom. The number of rotatable bonds is 4. The number of fused-ring (bicyclic) bond motifs is 1. The molecule has 0 radical (unpaired) electrons. The Balaban J connectivity index is 1.80. The van der Waals surface area contributed by atoms with Crippen molar-refractivity contribution in [1.82, 2.24) is 14.1 Å². The number of carbonyl (C=O) groups excluding carboxylic acids is 1. The number of sulfonamides is 1. The van der Waals surface area contributed by atoms with E-state index in [1.807, 2.05) is 42.5 Å². The van der Waals surface area contributed by atoms with Gasteiger partial charge in [-0.25, -0.2) is 9.10 Å². The van der Waals surface area contributed by atoms with Crippen LogP contribution in [-0.2, 0) is 30.2 Å². The van der Waals surface area contributed by atoms with Gasteiger partial charge in [0.1, 0.15) is 5.69 Å². The van der Waals surface area contributed by atoms with Crippen LogP contribution in [0.2, 0.25) is 0 Å². The molecule has 0 aliphatic carbocycles. The maximum absolute atomic E-state index is 13.3. The summed E-state index contributed by atoms with van der Waals surface area (Å²) in [4.78, 5) is 14.7. The number of halogens is 1. The highest BCUT2D eigenvalue weighted by atomic mass is 79.9. The number of urea groups is 1. The highest BCUT2D eigenvalue weighted by molar-refractivity contribution is 9.10. The Bertz CT molecular complexity index is 1140. The molecule has 144 valence electrons.